The zero-order valence-corrected chi connectivity index (χ0v) is 31.3. The van der Waals surface area contributed by atoms with Gasteiger partial charge in [0.1, 0.15) is 11.9 Å². The minimum absolute atomic E-state index is 0.134. The van der Waals surface area contributed by atoms with Crippen LogP contribution >= 0.6 is 0 Å². The molecule has 2 atom stereocenters. The first-order valence-electron chi connectivity index (χ1n) is 19.0. The lowest BCUT2D eigenvalue weighted by Gasteiger charge is -2.28. The number of hydrogen-bond donors (Lipinski definition) is 6. The second kappa shape index (κ2) is 19.4. The second-order valence-electron chi connectivity index (χ2n) is 13.8. The number of aliphatic hydroxyl groups excluding tert-OH is 4. The Balaban J connectivity index is 0.878. The highest BCUT2D eigenvalue weighted by Crippen LogP contribution is 2.36. The summed E-state index contributed by atoms with van der Waals surface area (Å²) < 4.78 is 17.7. The maximum Gasteiger partial charge on any atom is 0.255 e. The predicted molar refractivity (Wildman–Crippen MR) is 208 cm³/mol. The van der Waals surface area contributed by atoms with Gasteiger partial charge in [0.25, 0.3) is 5.91 Å². The van der Waals surface area contributed by atoms with Crippen LogP contribution in [0.3, 0.4) is 0 Å². The molecule has 6 rings (SSSR count). The molecule has 55 heavy (non-hydrogen) atoms. The number of rotatable bonds is 20. The molecule has 1 amide bonds. The molecule has 0 fully saturated rings. The van der Waals surface area contributed by atoms with E-state index in [1.165, 1.54) is 0 Å². The van der Waals surface area contributed by atoms with E-state index in [0.717, 1.165) is 67.3 Å². The Morgan fingerprint density at radius 1 is 0.691 bits per heavy atom. The summed E-state index contributed by atoms with van der Waals surface area (Å²) in [6.45, 7) is 0.196. The van der Waals surface area contributed by atoms with Crippen LogP contribution in [0.5, 0.6) is 17.2 Å². The third-order valence-electron chi connectivity index (χ3n) is 10.1. The molecule has 2 unspecified atom stereocenters. The Kier molecular flexibility index (Phi) is 14.0. The van der Waals surface area contributed by atoms with Gasteiger partial charge in [-0.05, 0) is 89.2 Å². The fourth-order valence-electron chi connectivity index (χ4n) is 7.05. The number of nitrogens with zero attached hydrogens (tertiary/aromatic N) is 1. The molecular weight excluding hydrogens is 702 g/mol. The van der Waals surface area contributed by atoms with Crippen molar-refractivity contribution in [2.75, 3.05) is 25.6 Å². The van der Waals surface area contributed by atoms with Crippen molar-refractivity contribution >= 4 is 17.3 Å². The molecule has 2 aliphatic heterocycles. The van der Waals surface area contributed by atoms with E-state index in [1.54, 1.807) is 25.3 Å². The number of benzene rings is 4. The van der Waals surface area contributed by atoms with Crippen molar-refractivity contribution in [2.45, 2.75) is 90.1 Å². The summed E-state index contributed by atoms with van der Waals surface area (Å²) in [6, 6.07) is 22.3. The van der Waals surface area contributed by atoms with Crippen LogP contribution in [0, 0.1) is 0 Å². The van der Waals surface area contributed by atoms with Crippen LogP contribution in [-0.2, 0) is 31.3 Å². The van der Waals surface area contributed by atoms with Crippen LogP contribution in [0.25, 0.3) is 0 Å². The number of hydrogen-bond acceptors (Lipinski definition) is 11. The lowest BCUT2D eigenvalue weighted by Crippen LogP contribution is -2.38. The summed E-state index contributed by atoms with van der Waals surface area (Å²) in [6.07, 6.45) is 7.07. The predicted octanol–water partition coefficient (Wildman–Crippen LogP) is 6.57. The summed E-state index contributed by atoms with van der Waals surface area (Å²) in [5, 5.41) is 50.0. The van der Waals surface area contributed by atoms with Gasteiger partial charge in [-0.2, -0.15) is 0 Å². The van der Waals surface area contributed by atoms with Crippen molar-refractivity contribution in [2.24, 2.45) is 5.16 Å². The number of para-hydroxylation sites is 1. The van der Waals surface area contributed by atoms with Gasteiger partial charge in [-0.15, -0.1) is 0 Å². The number of anilines is 1. The molecule has 12 nitrogen and oxygen atoms in total. The first-order valence-corrected chi connectivity index (χ1v) is 19.0. The summed E-state index contributed by atoms with van der Waals surface area (Å²) >= 11 is 0. The molecule has 2 heterocycles. The molecule has 0 spiro atoms. The number of carbonyl (C=O) groups is 1. The van der Waals surface area contributed by atoms with Crippen molar-refractivity contribution in [3.8, 4) is 17.2 Å². The third-order valence-corrected chi connectivity index (χ3v) is 10.1. The Hall–Kier alpha value is -5.14. The molecule has 292 valence electrons. The smallest absolute Gasteiger partial charge is 0.255 e. The van der Waals surface area contributed by atoms with Gasteiger partial charge in [0.15, 0.2) is 17.6 Å². The molecular formula is C43H51N3O9. The number of oxime groups is 1. The largest absolute Gasteiger partial charge is 0.493 e. The quantitative estimate of drug-likeness (QED) is 0.0543. The van der Waals surface area contributed by atoms with Crippen LogP contribution in [-0.4, -0.2) is 52.4 Å². The zero-order chi connectivity index (χ0) is 38.6. The average Bonchev–Trinajstić information content (AvgIpc) is 3.73. The highest BCUT2D eigenvalue weighted by molar-refractivity contribution is 6.02. The van der Waals surface area contributed by atoms with E-state index in [1.807, 2.05) is 54.6 Å². The Labute approximate surface area is 321 Å². The molecule has 0 bridgehead atoms. The Bertz CT molecular complexity index is 1920. The second-order valence-corrected chi connectivity index (χ2v) is 13.8. The number of fused-ring (bicyclic) bond motifs is 1. The monoisotopic (exact) mass is 753 g/mol. The average molecular weight is 754 g/mol. The Morgan fingerprint density at radius 2 is 1.33 bits per heavy atom. The first kappa shape index (κ1) is 39.6. The molecule has 0 saturated carbocycles. The van der Waals surface area contributed by atoms with Crippen LogP contribution in [0.4, 0.5) is 5.69 Å². The van der Waals surface area contributed by atoms with E-state index in [0.29, 0.717) is 70.4 Å². The molecule has 4 aromatic carbocycles. The standard InChI is InChI=1S/C43H51N3O9/c1-52-39-16-13-28(40-23-37(46-55-40)30-20-31(24-47)35(27-50)32(21-30)25-48)22-41(39)54-18-10-6-4-2-3-5-9-17-53-38-15-14-29(19-33(38)26-49)42-44-36-12-8-7-11-34(36)43(51)45-42/h7-8,11-16,19-22,40,42,44,47-50H,2-6,9-10,17-18,23-27H2,1H3,(H,45,51). The number of nitrogens with one attached hydrogen (secondary N) is 2. The maximum atomic E-state index is 12.6. The van der Waals surface area contributed by atoms with Crippen LogP contribution in [0.15, 0.2) is 78.0 Å². The van der Waals surface area contributed by atoms with E-state index in [2.05, 4.69) is 15.8 Å². The Morgan fingerprint density at radius 3 is 2.00 bits per heavy atom. The normalized spacial score (nSPS) is 16.1. The fourth-order valence-corrected chi connectivity index (χ4v) is 7.05. The van der Waals surface area contributed by atoms with Crippen molar-refractivity contribution in [1.82, 2.24) is 5.32 Å². The van der Waals surface area contributed by atoms with Gasteiger partial charge in [-0.1, -0.05) is 61.5 Å². The van der Waals surface area contributed by atoms with Crippen molar-refractivity contribution in [3.05, 3.63) is 117 Å². The number of amides is 1. The van der Waals surface area contributed by atoms with Gasteiger partial charge in [-0.25, -0.2) is 0 Å². The van der Waals surface area contributed by atoms with Gasteiger partial charge < -0.3 is 50.1 Å². The minimum Gasteiger partial charge on any atom is -0.493 e. The number of ether oxygens (including phenoxy) is 3. The number of unbranched alkanes of at least 4 members (excludes halogenated alkanes) is 6. The summed E-state index contributed by atoms with van der Waals surface area (Å²) in [5.41, 5.74) is 6.89. The third kappa shape index (κ3) is 9.76. The van der Waals surface area contributed by atoms with E-state index < -0.39 is 0 Å². The van der Waals surface area contributed by atoms with Crippen LogP contribution < -0.4 is 24.8 Å². The summed E-state index contributed by atoms with van der Waals surface area (Å²) in [4.78, 5) is 18.4. The van der Waals surface area contributed by atoms with E-state index in [9.17, 15) is 25.2 Å². The lowest BCUT2D eigenvalue weighted by molar-refractivity contribution is 0.0854. The molecule has 12 heteroatoms. The van der Waals surface area contributed by atoms with Gasteiger partial charge in [-0.3, -0.25) is 4.79 Å². The van der Waals surface area contributed by atoms with Crippen molar-refractivity contribution in [3.63, 3.8) is 0 Å². The van der Waals surface area contributed by atoms with Crippen molar-refractivity contribution < 1.29 is 44.3 Å². The number of carbonyl (C=O) groups excluding carboxylic acids is 1. The molecule has 2 aliphatic rings. The van der Waals surface area contributed by atoms with E-state index >= 15 is 0 Å². The zero-order valence-electron chi connectivity index (χ0n) is 31.3. The lowest BCUT2D eigenvalue weighted by atomic mass is 9.94. The molecule has 4 aromatic rings. The first-order chi connectivity index (χ1) is 27.0. The number of aliphatic hydroxyl groups is 4. The maximum absolute atomic E-state index is 12.6. The summed E-state index contributed by atoms with van der Waals surface area (Å²) in [5.74, 6) is 1.82. The fraction of sp³-hybridized carbons (Fsp3) is 0.395. The molecule has 0 aromatic heterocycles. The highest BCUT2D eigenvalue weighted by atomic mass is 16.6. The summed E-state index contributed by atoms with van der Waals surface area (Å²) in [7, 11) is 1.62. The van der Waals surface area contributed by atoms with E-state index in [-0.39, 0.29) is 44.6 Å². The van der Waals surface area contributed by atoms with E-state index in [4.69, 9.17) is 19.0 Å². The molecule has 0 radical (unpaired) electrons. The van der Waals surface area contributed by atoms with Gasteiger partial charge >= 0.3 is 0 Å². The van der Waals surface area contributed by atoms with Crippen LogP contribution in [0.1, 0.15) is 113 Å². The SMILES string of the molecule is COc1ccc(C2CC(c3cc(CO)c(CO)c(CO)c3)=NO2)cc1OCCCCCCCCCOc1ccc(C2NC(=O)c3ccccc3N2)cc1CO. The molecule has 0 aliphatic carbocycles. The molecule has 6 N–H and O–H groups in total. The van der Waals surface area contributed by atoms with Gasteiger partial charge in [0.05, 0.1) is 58.0 Å². The topological polar surface area (TPSA) is 171 Å². The number of methoxy groups -OCH3 is 1. The van der Waals surface area contributed by atoms with Gasteiger partial charge in [0.2, 0.25) is 0 Å². The van der Waals surface area contributed by atoms with Gasteiger partial charge in [0, 0.05) is 23.2 Å². The van der Waals surface area contributed by atoms with Crippen LogP contribution in [0.2, 0.25) is 0 Å². The minimum atomic E-state index is -0.389. The molecule has 0 saturated heterocycles. The van der Waals surface area contributed by atoms with Crippen molar-refractivity contribution in [1.29, 1.82) is 0 Å². The highest BCUT2D eigenvalue weighted by Gasteiger charge is 2.27.